The highest BCUT2D eigenvalue weighted by Crippen LogP contribution is 2.36. The largest absolute Gasteiger partial charge is 0.416 e. The van der Waals surface area contributed by atoms with E-state index >= 15 is 0 Å². The second-order valence-corrected chi connectivity index (χ2v) is 9.13. The van der Waals surface area contributed by atoms with E-state index in [9.17, 15) is 26.4 Å². The van der Waals surface area contributed by atoms with Crippen LogP contribution in [0.2, 0.25) is 0 Å². The molecule has 1 atom stereocenters. The van der Waals surface area contributed by atoms with Crippen molar-refractivity contribution in [2.45, 2.75) is 57.9 Å². The molecule has 1 fully saturated rings. The molecule has 2 N–H and O–H groups in total. The van der Waals surface area contributed by atoms with Crippen LogP contribution in [0.15, 0.2) is 24.3 Å². The summed E-state index contributed by atoms with van der Waals surface area (Å²) in [5.74, 6) is -0.270. The van der Waals surface area contributed by atoms with Gasteiger partial charge in [-0.3, -0.25) is 0 Å². The molecule has 10 heteroatoms. The molecule has 1 aromatic carbocycles. The SMILES string of the molecule is CC(C)NS(=O)(=O)CCNC(=O)N(C1CC1)C(C)c1cccc(C(F)(F)F)c1. The van der Waals surface area contributed by atoms with E-state index in [0.29, 0.717) is 5.56 Å². The molecule has 2 amide bonds. The summed E-state index contributed by atoms with van der Waals surface area (Å²) in [4.78, 5) is 14.1. The van der Waals surface area contributed by atoms with Crippen LogP contribution < -0.4 is 10.0 Å². The maximum atomic E-state index is 13.0. The monoisotopic (exact) mass is 421 g/mol. The van der Waals surface area contributed by atoms with E-state index in [1.807, 2.05) is 0 Å². The Kier molecular flexibility index (Phi) is 6.97. The molecule has 0 spiro atoms. The molecule has 158 valence electrons. The van der Waals surface area contributed by atoms with Crippen LogP contribution in [-0.4, -0.2) is 43.7 Å². The third kappa shape index (κ3) is 6.37. The molecule has 0 radical (unpaired) electrons. The molecule has 0 heterocycles. The summed E-state index contributed by atoms with van der Waals surface area (Å²) >= 11 is 0. The third-order valence-corrected chi connectivity index (χ3v) is 5.92. The number of hydrogen-bond donors (Lipinski definition) is 2. The van der Waals surface area contributed by atoms with Gasteiger partial charge in [-0.25, -0.2) is 17.9 Å². The van der Waals surface area contributed by atoms with Crippen molar-refractivity contribution in [2.24, 2.45) is 0 Å². The van der Waals surface area contributed by atoms with Gasteiger partial charge in [0.25, 0.3) is 0 Å². The van der Waals surface area contributed by atoms with Crippen molar-refractivity contribution in [1.82, 2.24) is 14.9 Å². The molecule has 0 aromatic heterocycles. The van der Waals surface area contributed by atoms with E-state index in [1.54, 1.807) is 26.8 Å². The highest BCUT2D eigenvalue weighted by Gasteiger charge is 2.37. The number of nitrogens with zero attached hydrogens (tertiary/aromatic N) is 1. The number of rotatable bonds is 8. The van der Waals surface area contributed by atoms with Crippen LogP contribution in [0.4, 0.5) is 18.0 Å². The lowest BCUT2D eigenvalue weighted by atomic mass is 10.0. The Morgan fingerprint density at radius 1 is 1.25 bits per heavy atom. The van der Waals surface area contributed by atoms with E-state index < -0.39 is 33.8 Å². The molecule has 1 aromatic rings. The van der Waals surface area contributed by atoms with Crippen molar-refractivity contribution in [3.8, 4) is 0 Å². The number of urea groups is 1. The Morgan fingerprint density at radius 2 is 1.89 bits per heavy atom. The summed E-state index contributed by atoms with van der Waals surface area (Å²) in [6.07, 6.45) is -2.92. The van der Waals surface area contributed by atoms with Crippen molar-refractivity contribution in [3.63, 3.8) is 0 Å². The molecule has 1 saturated carbocycles. The number of halogens is 3. The van der Waals surface area contributed by atoms with Gasteiger partial charge in [-0.2, -0.15) is 13.2 Å². The van der Waals surface area contributed by atoms with E-state index in [2.05, 4.69) is 10.0 Å². The number of sulfonamides is 1. The zero-order valence-corrected chi connectivity index (χ0v) is 16.9. The van der Waals surface area contributed by atoms with Gasteiger partial charge in [0.1, 0.15) is 0 Å². The van der Waals surface area contributed by atoms with E-state index in [0.717, 1.165) is 25.0 Å². The first-order chi connectivity index (χ1) is 12.9. The van der Waals surface area contributed by atoms with Gasteiger partial charge in [-0.15, -0.1) is 0 Å². The summed E-state index contributed by atoms with van der Waals surface area (Å²) < 4.78 is 65.0. The Bertz CT molecular complexity index is 793. The van der Waals surface area contributed by atoms with E-state index in [4.69, 9.17) is 0 Å². The summed E-state index contributed by atoms with van der Waals surface area (Å²) in [5.41, 5.74) is -0.384. The van der Waals surface area contributed by atoms with Crippen LogP contribution in [0.3, 0.4) is 0 Å². The van der Waals surface area contributed by atoms with Crippen LogP contribution in [0.5, 0.6) is 0 Å². The molecule has 0 bridgehead atoms. The number of carbonyl (C=O) groups is 1. The normalized spacial score (nSPS) is 16.1. The van der Waals surface area contributed by atoms with Crippen molar-refractivity contribution < 1.29 is 26.4 Å². The van der Waals surface area contributed by atoms with Gasteiger partial charge in [0, 0.05) is 18.6 Å². The predicted molar refractivity (Wildman–Crippen MR) is 100 cm³/mol. The predicted octanol–water partition coefficient (Wildman–Crippen LogP) is 3.27. The van der Waals surface area contributed by atoms with Crippen molar-refractivity contribution in [3.05, 3.63) is 35.4 Å². The quantitative estimate of drug-likeness (QED) is 0.676. The van der Waals surface area contributed by atoms with Crippen LogP contribution in [0, 0.1) is 0 Å². The number of alkyl halides is 3. The van der Waals surface area contributed by atoms with Gasteiger partial charge in [-0.05, 0) is 51.3 Å². The first kappa shape index (κ1) is 22.5. The molecular formula is C18H26F3N3O3S. The van der Waals surface area contributed by atoms with E-state index in [-0.39, 0.29) is 24.4 Å². The number of hydrogen-bond acceptors (Lipinski definition) is 3. The van der Waals surface area contributed by atoms with Crippen LogP contribution >= 0.6 is 0 Å². The fourth-order valence-corrected chi connectivity index (χ4v) is 4.15. The average Bonchev–Trinajstić information content (AvgIpc) is 3.37. The summed E-state index contributed by atoms with van der Waals surface area (Å²) in [6, 6.07) is 3.56. The number of benzene rings is 1. The standard InChI is InChI=1S/C18H26F3N3O3S/c1-12(2)23-28(26,27)10-9-22-17(25)24(16-7-8-16)13(3)14-5-4-6-15(11-14)18(19,20)21/h4-6,11-13,16,23H,7-10H2,1-3H3,(H,22,25). The summed E-state index contributed by atoms with van der Waals surface area (Å²) in [5, 5.41) is 2.57. The summed E-state index contributed by atoms with van der Waals surface area (Å²) in [7, 11) is -3.51. The Labute approximate surface area is 163 Å². The lowest BCUT2D eigenvalue weighted by Crippen LogP contribution is -2.45. The second kappa shape index (κ2) is 8.69. The van der Waals surface area contributed by atoms with Crippen molar-refractivity contribution in [1.29, 1.82) is 0 Å². The third-order valence-electron chi connectivity index (χ3n) is 4.35. The molecule has 6 nitrogen and oxygen atoms in total. The van der Waals surface area contributed by atoms with E-state index in [1.165, 1.54) is 11.0 Å². The maximum Gasteiger partial charge on any atom is 0.416 e. The fourth-order valence-electron chi connectivity index (χ4n) is 2.95. The number of nitrogens with one attached hydrogen (secondary N) is 2. The maximum absolute atomic E-state index is 13.0. The first-order valence-electron chi connectivity index (χ1n) is 9.14. The molecule has 28 heavy (non-hydrogen) atoms. The minimum Gasteiger partial charge on any atom is -0.337 e. The van der Waals surface area contributed by atoms with Gasteiger partial charge in [0.2, 0.25) is 10.0 Å². The molecule has 0 aliphatic heterocycles. The van der Waals surface area contributed by atoms with Gasteiger partial charge < -0.3 is 10.2 Å². The minimum atomic E-state index is -4.46. The Hall–Kier alpha value is -1.81. The number of carbonyl (C=O) groups excluding carboxylic acids is 1. The fraction of sp³-hybridized carbons (Fsp3) is 0.611. The lowest BCUT2D eigenvalue weighted by molar-refractivity contribution is -0.137. The first-order valence-corrected chi connectivity index (χ1v) is 10.8. The zero-order chi connectivity index (χ0) is 21.1. The second-order valence-electron chi connectivity index (χ2n) is 7.26. The Balaban J connectivity index is 2.06. The van der Waals surface area contributed by atoms with Crippen molar-refractivity contribution >= 4 is 16.1 Å². The molecule has 1 aliphatic rings. The van der Waals surface area contributed by atoms with Crippen LogP contribution in [0.25, 0.3) is 0 Å². The smallest absolute Gasteiger partial charge is 0.337 e. The summed E-state index contributed by atoms with van der Waals surface area (Å²) in [6.45, 7) is 4.98. The van der Waals surface area contributed by atoms with Gasteiger partial charge >= 0.3 is 12.2 Å². The lowest BCUT2D eigenvalue weighted by Gasteiger charge is -2.30. The van der Waals surface area contributed by atoms with Gasteiger partial charge in [0.05, 0.1) is 17.4 Å². The Morgan fingerprint density at radius 3 is 2.43 bits per heavy atom. The molecular weight excluding hydrogens is 395 g/mol. The molecule has 0 saturated heterocycles. The minimum absolute atomic E-state index is 0.0602. The highest BCUT2D eigenvalue weighted by molar-refractivity contribution is 7.89. The van der Waals surface area contributed by atoms with Gasteiger partial charge in [0.15, 0.2) is 0 Å². The highest BCUT2D eigenvalue weighted by atomic mass is 32.2. The van der Waals surface area contributed by atoms with Crippen LogP contribution in [-0.2, 0) is 16.2 Å². The van der Waals surface area contributed by atoms with Crippen LogP contribution in [0.1, 0.15) is 50.8 Å². The number of amides is 2. The molecule has 2 rings (SSSR count). The zero-order valence-electron chi connectivity index (χ0n) is 16.1. The van der Waals surface area contributed by atoms with Gasteiger partial charge in [-0.1, -0.05) is 12.1 Å². The average molecular weight is 421 g/mol. The molecule has 1 unspecified atom stereocenters. The molecule has 1 aliphatic carbocycles. The topological polar surface area (TPSA) is 78.5 Å². The van der Waals surface area contributed by atoms with Crippen molar-refractivity contribution in [2.75, 3.05) is 12.3 Å².